The summed E-state index contributed by atoms with van der Waals surface area (Å²) in [6.45, 7) is 9.65. The van der Waals surface area contributed by atoms with Crippen LogP contribution in [0.4, 0.5) is 4.39 Å². The molecule has 0 aliphatic carbocycles. The minimum atomic E-state index is -0.462. The number of halogens is 1. The van der Waals surface area contributed by atoms with Gasteiger partial charge in [-0.15, -0.1) is 0 Å². The van der Waals surface area contributed by atoms with Crippen molar-refractivity contribution in [3.63, 3.8) is 0 Å². The monoisotopic (exact) mass is 384 g/mol. The molecule has 0 unspecified atom stereocenters. The van der Waals surface area contributed by atoms with Gasteiger partial charge in [0, 0.05) is 11.6 Å². The van der Waals surface area contributed by atoms with Crippen molar-refractivity contribution in [3.05, 3.63) is 53.1 Å². The summed E-state index contributed by atoms with van der Waals surface area (Å²) in [5, 5.41) is 10.5. The van der Waals surface area contributed by atoms with Crippen molar-refractivity contribution in [2.45, 2.75) is 34.6 Å². The molecule has 0 saturated heterocycles. The van der Waals surface area contributed by atoms with E-state index in [0.717, 1.165) is 11.1 Å². The zero-order chi connectivity index (χ0) is 20.8. The van der Waals surface area contributed by atoms with E-state index in [0.29, 0.717) is 16.5 Å². The first-order valence-corrected chi connectivity index (χ1v) is 9.04. The summed E-state index contributed by atoms with van der Waals surface area (Å²) in [5.74, 6) is -0.0447. The van der Waals surface area contributed by atoms with E-state index in [2.05, 4.69) is 9.97 Å². The SMILES string of the molecule is CC.COc1cc2ncnc(Oc3ccc(C)c(C=C(C)C)c3F)c2cc1O. The lowest BCUT2D eigenvalue weighted by atomic mass is 10.1. The van der Waals surface area contributed by atoms with Crippen LogP contribution < -0.4 is 9.47 Å². The normalized spacial score (nSPS) is 10.1. The molecule has 0 fully saturated rings. The molecule has 6 heteroatoms. The zero-order valence-electron chi connectivity index (χ0n) is 17.0. The molecule has 5 nitrogen and oxygen atoms in total. The summed E-state index contributed by atoms with van der Waals surface area (Å²) in [7, 11) is 1.45. The Morgan fingerprint density at radius 2 is 1.82 bits per heavy atom. The number of ether oxygens (including phenoxy) is 2. The molecule has 0 aliphatic heterocycles. The number of allylic oxidation sites excluding steroid dienone is 1. The van der Waals surface area contributed by atoms with Crippen LogP contribution in [0.15, 0.2) is 36.2 Å². The number of fused-ring (bicyclic) bond motifs is 1. The number of methoxy groups -OCH3 is 1. The number of aromatic hydroxyl groups is 1. The van der Waals surface area contributed by atoms with Crippen LogP contribution in [0.5, 0.6) is 23.1 Å². The largest absolute Gasteiger partial charge is 0.504 e. The van der Waals surface area contributed by atoms with E-state index in [1.54, 1.807) is 24.3 Å². The topological polar surface area (TPSA) is 64.5 Å². The summed E-state index contributed by atoms with van der Waals surface area (Å²) in [4.78, 5) is 8.23. The van der Waals surface area contributed by atoms with Crippen molar-refractivity contribution in [3.8, 4) is 23.1 Å². The molecule has 0 saturated carbocycles. The molecule has 148 valence electrons. The Labute approximate surface area is 164 Å². The minimum Gasteiger partial charge on any atom is -0.504 e. The van der Waals surface area contributed by atoms with E-state index in [1.165, 1.54) is 19.5 Å². The van der Waals surface area contributed by atoms with Crippen molar-refractivity contribution in [2.75, 3.05) is 7.11 Å². The van der Waals surface area contributed by atoms with Gasteiger partial charge in [-0.1, -0.05) is 31.6 Å². The maximum Gasteiger partial charge on any atom is 0.230 e. The van der Waals surface area contributed by atoms with E-state index in [9.17, 15) is 9.50 Å². The van der Waals surface area contributed by atoms with Gasteiger partial charge in [0.25, 0.3) is 0 Å². The molecule has 2 aromatic carbocycles. The van der Waals surface area contributed by atoms with Gasteiger partial charge in [0.2, 0.25) is 5.88 Å². The predicted molar refractivity (Wildman–Crippen MR) is 110 cm³/mol. The van der Waals surface area contributed by atoms with Gasteiger partial charge in [-0.2, -0.15) is 0 Å². The molecule has 3 rings (SSSR count). The second-order valence-electron chi connectivity index (χ2n) is 6.15. The van der Waals surface area contributed by atoms with Crippen LogP contribution in [-0.4, -0.2) is 22.2 Å². The number of rotatable bonds is 4. The maximum atomic E-state index is 14.9. The highest BCUT2D eigenvalue weighted by Crippen LogP contribution is 2.36. The molecular weight excluding hydrogens is 359 g/mol. The van der Waals surface area contributed by atoms with Crippen LogP contribution in [0.1, 0.15) is 38.8 Å². The first kappa shape index (κ1) is 21.2. The fourth-order valence-corrected chi connectivity index (χ4v) is 2.61. The Hall–Kier alpha value is -3.15. The summed E-state index contributed by atoms with van der Waals surface area (Å²) in [5.41, 5.74) is 2.78. The minimum absolute atomic E-state index is 0.0541. The summed E-state index contributed by atoms with van der Waals surface area (Å²) in [6, 6.07) is 6.35. The van der Waals surface area contributed by atoms with Gasteiger partial charge in [0.05, 0.1) is 18.0 Å². The lowest BCUT2D eigenvalue weighted by Crippen LogP contribution is -1.97. The number of aryl methyl sites for hydroxylation is 1. The molecule has 28 heavy (non-hydrogen) atoms. The van der Waals surface area contributed by atoms with Crippen molar-refractivity contribution >= 4 is 17.0 Å². The van der Waals surface area contributed by atoms with Crippen LogP contribution in [0.2, 0.25) is 0 Å². The molecule has 0 atom stereocenters. The lowest BCUT2D eigenvalue weighted by Gasteiger charge is -2.12. The summed E-state index contributed by atoms with van der Waals surface area (Å²) < 4.78 is 25.7. The van der Waals surface area contributed by atoms with Gasteiger partial charge in [-0.05, 0) is 38.5 Å². The van der Waals surface area contributed by atoms with Crippen LogP contribution in [0, 0.1) is 12.7 Å². The van der Waals surface area contributed by atoms with E-state index >= 15 is 0 Å². The smallest absolute Gasteiger partial charge is 0.230 e. The van der Waals surface area contributed by atoms with Crippen LogP contribution in [-0.2, 0) is 0 Å². The van der Waals surface area contributed by atoms with E-state index in [4.69, 9.17) is 9.47 Å². The Morgan fingerprint density at radius 3 is 2.46 bits per heavy atom. The highest BCUT2D eigenvalue weighted by molar-refractivity contribution is 5.86. The van der Waals surface area contributed by atoms with E-state index in [1.807, 2.05) is 34.6 Å². The van der Waals surface area contributed by atoms with Gasteiger partial charge < -0.3 is 14.6 Å². The fraction of sp³-hybridized carbons (Fsp3) is 0.273. The summed E-state index contributed by atoms with van der Waals surface area (Å²) >= 11 is 0. The molecular formula is C22H25FN2O3. The van der Waals surface area contributed by atoms with Crippen molar-refractivity contribution in [2.24, 2.45) is 0 Å². The second kappa shape index (κ2) is 9.17. The Bertz CT molecular complexity index is 1010. The quantitative estimate of drug-likeness (QED) is 0.595. The average Bonchev–Trinajstić information content (AvgIpc) is 2.68. The fourth-order valence-electron chi connectivity index (χ4n) is 2.61. The molecule has 3 aromatic rings. The van der Waals surface area contributed by atoms with Gasteiger partial charge >= 0.3 is 0 Å². The molecule has 1 N–H and O–H groups in total. The second-order valence-corrected chi connectivity index (χ2v) is 6.15. The number of phenolic OH excluding ortho intramolecular Hbond substituents is 1. The number of hydrogen-bond donors (Lipinski definition) is 1. The maximum absolute atomic E-state index is 14.9. The molecule has 0 bridgehead atoms. The molecule has 1 aromatic heterocycles. The number of benzene rings is 2. The number of nitrogens with zero attached hydrogens (tertiary/aromatic N) is 2. The predicted octanol–water partition coefficient (Wildman–Crippen LogP) is 6.03. The standard InChI is InChI=1S/C20H19FN2O3.C2H6/c1-11(2)7-13-12(3)5-6-17(19(13)21)26-20-14-8-16(24)18(25-4)9-15(14)22-10-23-20;1-2/h5-10,24H,1-4H3;1-2H3. The van der Waals surface area contributed by atoms with Gasteiger partial charge in [-0.3, -0.25) is 0 Å². The third-order valence-corrected chi connectivity index (χ3v) is 3.90. The van der Waals surface area contributed by atoms with E-state index in [-0.39, 0.29) is 23.1 Å². The third-order valence-electron chi connectivity index (χ3n) is 3.90. The van der Waals surface area contributed by atoms with Crippen LogP contribution in [0.3, 0.4) is 0 Å². The number of hydrogen-bond acceptors (Lipinski definition) is 5. The van der Waals surface area contributed by atoms with E-state index < -0.39 is 5.82 Å². The van der Waals surface area contributed by atoms with Crippen molar-refractivity contribution in [1.29, 1.82) is 0 Å². The highest BCUT2D eigenvalue weighted by Gasteiger charge is 2.15. The Morgan fingerprint density at radius 1 is 1.11 bits per heavy atom. The number of phenols is 1. The lowest BCUT2D eigenvalue weighted by molar-refractivity contribution is 0.374. The first-order chi connectivity index (χ1) is 13.4. The number of aromatic nitrogens is 2. The van der Waals surface area contributed by atoms with Crippen molar-refractivity contribution in [1.82, 2.24) is 9.97 Å². The molecule has 1 heterocycles. The van der Waals surface area contributed by atoms with Crippen molar-refractivity contribution < 1.29 is 19.0 Å². The molecule has 0 aliphatic rings. The third kappa shape index (κ3) is 4.39. The Balaban J connectivity index is 0.00000136. The van der Waals surface area contributed by atoms with Crippen LogP contribution >= 0.6 is 0 Å². The average molecular weight is 384 g/mol. The van der Waals surface area contributed by atoms with Gasteiger partial charge in [0.15, 0.2) is 23.1 Å². The van der Waals surface area contributed by atoms with Crippen LogP contribution in [0.25, 0.3) is 17.0 Å². The highest BCUT2D eigenvalue weighted by atomic mass is 19.1. The molecule has 0 amide bonds. The van der Waals surface area contributed by atoms with Gasteiger partial charge in [0.1, 0.15) is 6.33 Å². The van der Waals surface area contributed by atoms with Gasteiger partial charge in [-0.25, -0.2) is 14.4 Å². The summed E-state index contributed by atoms with van der Waals surface area (Å²) in [6.07, 6.45) is 3.09. The molecule has 0 radical (unpaired) electrons. The first-order valence-electron chi connectivity index (χ1n) is 9.04. The zero-order valence-corrected chi connectivity index (χ0v) is 17.0. The Kier molecular flexibility index (Phi) is 6.93. The molecule has 0 spiro atoms.